The van der Waals surface area contributed by atoms with E-state index in [1.54, 1.807) is 6.33 Å². The highest BCUT2D eigenvalue weighted by Gasteiger charge is 2.03. The molecular formula is C7H11N3O. The number of aromatic nitrogens is 2. The second-order valence-electron chi connectivity index (χ2n) is 2.53. The van der Waals surface area contributed by atoms with Crippen molar-refractivity contribution in [2.24, 2.45) is 12.8 Å². The number of aryl methyl sites for hydroxylation is 1. The predicted molar refractivity (Wildman–Crippen MR) is 41.0 cm³/mol. The normalized spacial score (nSPS) is 12.9. The molecule has 2 N–H and O–H groups in total. The lowest BCUT2D eigenvalue weighted by Crippen LogP contribution is -2.24. The zero-order chi connectivity index (χ0) is 8.27. The van der Waals surface area contributed by atoms with Gasteiger partial charge in [-0.2, -0.15) is 0 Å². The molecule has 0 aromatic carbocycles. The van der Waals surface area contributed by atoms with Gasteiger partial charge in [0.15, 0.2) is 0 Å². The number of rotatable bonds is 3. The molecule has 11 heavy (non-hydrogen) atoms. The zero-order valence-electron chi connectivity index (χ0n) is 6.40. The molecule has 0 aliphatic rings. The molecule has 0 aliphatic carbocycles. The highest BCUT2D eigenvalue weighted by atomic mass is 16.1. The van der Waals surface area contributed by atoms with Gasteiger partial charge in [0, 0.05) is 19.7 Å². The number of hydrogen-bond acceptors (Lipinski definition) is 3. The quantitative estimate of drug-likeness (QED) is 0.595. The summed E-state index contributed by atoms with van der Waals surface area (Å²) >= 11 is 0. The topological polar surface area (TPSA) is 60.9 Å². The summed E-state index contributed by atoms with van der Waals surface area (Å²) in [7, 11) is 1.88. The fourth-order valence-electron chi connectivity index (χ4n) is 0.862. The third kappa shape index (κ3) is 2.16. The monoisotopic (exact) mass is 153 g/mol. The summed E-state index contributed by atoms with van der Waals surface area (Å²) in [6.07, 6.45) is 4.79. The first-order chi connectivity index (χ1) is 5.22. The lowest BCUT2D eigenvalue weighted by atomic mass is 10.2. The smallest absolute Gasteiger partial charge is 0.137 e. The number of nitrogens with zero attached hydrogens (tertiary/aromatic N) is 2. The number of carbonyl (C=O) groups excluding carboxylic acids is 1. The minimum Gasteiger partial charge on any atom is -0.340 e. The molecule has 0 saturated carbocycles. The van der Waals surface area contributed by atoms with Crippen LogP contribution >= 0.6 is 0 Å². The van der Waals surface area contributed by atoms with Gasteiger partial charge in [-0.3, -0.25) is 0 Å². The Hall–Kier alpha value is -1.16. The SMILES string of the molecule is Cn1cnc(CC(N)C=O)c1. The summed E-state index contributed by atoms with van der Waals surface area (Å²) in [5, 5.41) is 0. The fraction of sp³-hybridized carbons (Fsp3) is 0.429. The number of hydrogen-bond donors (Lipinski definition) is 1. The largest absolute Gasteiger partial charge is 0.340 e. The molecule has 1 unspecified atom stereocenters. The third-order valence-corrected chi connectivity index (χ3v) is 1.38. The highest BCUT2D eigenvalue weighted by Crippen LogP contribution is 1.96. The summed E-state index contributed by atoms with van der Waals surface area (Å²) in [5.41, 5.74) is 6.25. The van der Waals surface area contributed by atoms with E-state index in [4.69, 9.17) is 5.73 Å². The molecule has 0 spiro atoms. The van der Waals surface area contributed by atoms with E-state index in [1.807, 2.05) is 17.8 Å². The minimum atomic E-state index is -0.426. The van der Waals surface area contributed by atoms with E-state index in [-0.39, 0.29) is 0 Å². The lowest BCUT2D eigenvalue weighted by Gasteiger charge is -1.97. The van der Waals surface area contributed by atoms with Gasteiger partial charge >= 0.3 is 0 Å². The first-order valence-electron chi connectivity index (χ1n) is 3.40. The van der Waals surface area contributed by atoms with Gasteiger partial charge in [-0.1, -0.05) is 0 Å². The van der Waals surface area contributed by atoms with Crippen molar-refractivity contribution < 1.29 is 4.79 Å². The molecule has 60 valence electrons. The fourth-order valence-corrected chi connectivity index (χ4v) is 0.862. The maximum atomic E-state index is 10.2. The number of carbonyl (C=O) groups is 1. The number of imidazole rings is 1. The van der Waals surface area contributed by atoms with Crippen LogP contribution in [0, 0.1) is 0 Å². The van der Waals surface area contributed by atoms with Crippen LogP contribution in [0.3, 0.4) is 0 Å². The first kappa shape index (κ1) is 7.94. The maximum Gasteiger partial charge on any atom is 0.137 e. The Balaban J connectivity index is 2.57. The molecular weight excluding hydrogens is 142 g/mol. The van der Waals surface area contributed by atoms with Crippen LogP contribution in [0.15, 0.2) is 12.5 Å². The van der Waals surface area contributed by atoms with E-state index < -0.39 is 6.04 Å². The molecule has 1 heterocycles. The van der Waals surface area contributed by atoms with Crippen molar-refractivity contribution in [1.82, 2.24) is 9.55 Å². The Kier molecular flexibility index (Phi) is 2.38. The van der Waals surface area contributed by atoms with E-state index >= 15 is 0 Å². The van der Waals surface area contributed by atoms with E-state index in [0.717, 1.165) is 12.0 Å². The van der Waals surface area contributed by atoms with Crippen LogP contribution in [0.2, 0.25) is 0 Å². The van der Waals surface area contributed by atoms with Crippen molar-refractivity contribution in [1.29, 1.82) is 0 Å². The Morgan fingerprint density at radius 2 is 2.64 bits per heavy atom. The van der Waals surface area contributed by atoms with Crippen molar-refractivity contribution >= 4 is 6.29 Å². The van der Waals surface area contributed by atoms with Gasteiger partial charge in [0.1, 0.15) is 6.29 Å². The van der Waals surface area contributed by atoms with Crippen molar-refractivity contribution in [2.75, 3.05) is 0 Å². The molecule has 0 saturated heterocycles. The standard InChI is InChI=1S/C7H11N3O/c1-10-3-7(9-5-10)2-6(8)4-11/h3-6H,2,8H2,1H3. The second kappa shape index (κ2) is 3.30. The number of nitrogens with two attached hydrogens (primary N) is 1. The van der Waals surface area contributed by atoms with Crippen LogP contribution in [-0.4, -0.2) is 21.9 Å². The second-order valence-corrected chi connectivity index (χ2v) is 2.53. The molecule has 0 amide bonds. The van der Waals surface area contributed by atoms with Crippen LogP contribution in [0.25, 0.3) is 0 Å². The molecule has 4 heteroatoms. The molecule has 1 aromatic heterocycles. The predicted octanol–water partition coefficient (Wildman–Crippen LogP) is -0.511. The van der Waals surface area contributed by atoms with Gasteiger partial charge < -0.3 is 15.1 Å². The van der Waals surface area contributed by atoms with Crippen LogP contribution in [0.1, 0.15) is 5.69 Å². The van der Waals surface area contributed by atoms with Crippen molar-refractivity contribution in [3.63, 3.8) is 0 Å². The summed E-state index contributed by atoms with van der Waals surface area (Å²) < 4.78 is 1.83. The average molecular weight is 153 g/mol. The Morgan fingerprint density at radius 3 is 3.09 bits per heavy atom. The van der Waals surface area contributed by atoms with Crippen LogP contribution in [-0.2, 0) is 18.3 Å². The van der Waals surface area contributed by atoms with Gasteiger partial charge in [-0.15, -0.1) is 0 Å². The summed E-state index contributed by atoms with van der Waals surface area (Å²) in [6.45, 7) is 0. The first-order valence-corrected chi connectivity index (χ1v) is 3.40. The van der Waals surface area contributed by atoms with Gasteiger partial charge in [-0.05, 0) is 0 Å². The Morgan fingerprint density at radius 1 is 1.91 bits per heavy atom. The molecule has 1 atom stereocenters. The zero-order valence-corrected chi connectivity index (χ0v) is 6.40. The molecule has 0 aliphatic heterocycles. The van der Waals surface area contributed by atoms with Crippen molar-refractivity contribution in [2.45, 2.75) is 12.5 Å². The summed E-state index contributed by atoms with van der Waals surface area (Å²) in [4.78, 5) is 14.2. The Bertz CT molecular complexity index is 244. The minimum absolute atomic E-state index is 0.426. The maximum absolute atomic E-state index is 10.2. The van der Waals surface area contributed by atoms with Crippen LogP contribution in [0.4, 0.5) is 0 Å². The molecule has 1 aromatic rings. The van der Waals surface area contributed by atoms with Crippen LogP contribution < -0.4 is 5.73 Å². The van der Waals surface area contributed by atoms with Gasteiger partial charge in [0.25, 0.3) is 0 Å². The molecule has 0 bridgehead atoms. The third-order valence-electron chi connectivity index (χ3n) is 1.38. The number of aldehydes is 1. The lowest BCUT2D eigenvalue weighted by molar-refractivity contribution is -0.108. The summed E-state index contributed by atoms with van der Waals surface area (Å²) in [5.74, 6) is 0. The van der Waals surface area contributed by atoms with E-state index in [9.17, 15) is 4.79 Å². The molecule has 0 radical (unpaired) electrons. The van der Waals surface area contributed by atoms with Gasteiger partial charge in [0.05, 0.1) is 18.1 Å². The van der Waals surface area contributed by atoms with Gasteiger partial charge in [0.2, 0.25) is 0 Å². The molecule has 1 rings (SSSR count). The van der Waals surface area contributed by atoms with Gasteiger partial charge in [-0.25, -0.2) is 4.98 Å². The van der Waals surface area contributed by atoms with Crippen LogP contribution in [0.5, 0.6) is 0 Å². The highest BCUT2D eigenvalue weighted by molar-refractivity contribution is 5.57. The summed E-state index contributed by atoms with van der Waals surface area (Å²) in [6, 6.07) is -0.426. The van der Waals surface area contributed by atoms with E-state index in [0.29, 0.717) is 6.42 Å². The Labute approximate surface area is 65.0 Å². The average Bonchev–Trinajstić information content (AvgIpc) is 2.35. The van der Waals surface area contributed by atoms with E-state index in [2.05, 4.69) is 4.98 Å². The van der Waals surface area contributed by atoms with E-state index in [1.165, 1.54) is 0 Å². The van der Waals surface area contributed by atoms with Crippen molar-refractivity contribution in [3.8, 4) is 0 Å². The van der Waals surface area contributed by atoms with Crippen molar-refractivity contribution in [3.05, 3.63) is 18.2 Å². The molecule has 0 fully saturated rings. The molecule has 4 nitrogen and oxygen atoms in total.